The topological polar surface area (TPSA) is 75.5 Å². The molecule has 4 rings (SSSR count). The summed E-state index contributed by atoms with van der Waals surface area (Å²) in [7, 11) is 0. The molecular formula is C22H21N3O3. The number of fused-ring (bicyclic) bond motifs is 1. The standard InChI is InChI=1S/C22H21N3O3/c1-14-15(2)23-22(25-12-11-16-5-3-4-6-18(16)13-25)24-20(14)28-19-9-7-17(8-10-19)21(26)27/h3-10H,11-13H2,1-2H3,(H,26,27). The van der Waals surface area contributed by atoms with Crippen LogP contribution in [0.15, 0.2) is 48.5 Å². The molecule has 1 aromatic heterocycles. The highest BCUT2D eigenvalue weighted by Crippen LogP contribution is 2.29. The lowest BCUT2D eigenvalue weighted by molar-refractivity contribution is 0.0697. The van der Waals surface area contributed by atoms with Crippen molar-refractivity contribution in [3.05, 3.63) is 76.5 Å². The molecule has 142 valence electrons. The number of hydrogen-bond donors (Lipinski definition) is 1. The summed E-state index contributed by atoms with van der Waals surface area (Å²) < 4.78 is 5.95. The van der Waals surface area contributed by atoms with E-state index in [2.05, 4.69) is 39.1 Å². The highest BCUT2D eigenvalue weighted by atomic mass is 16.5. The minimum atomic E-state index is -0.965. The van der Waals surface area contributed by atoms with Gasteiger partial charge in [0.1, 0.15) is 5.75 Å². The van der Waals surface area contributed by atoms with Crippen LogP contribution in [0.5, 0.6) is 11.6 Å². The van der Waals surface area contributed by atoms with E-state index in [1.165, 1.54) is 23.3 Å². The van der Waals surface area contributed by atoms with Crippen LogP contribution in [0.1, 0.15) is 32.7 Å². The number of rotatable bonds is 4. The zero-order chi connectivity index (χ0) is 19.7. The average Bonchev–Trinajstić information content (AvgIpc) is 2.71. The molecule has 1 N–H and O–H groups in total. The molecule has 3 aromatic rings. The van der Waals surface area contributed by atoms with Crippen molar-refractivity contribution in [1.29, 1.82) is 0 Å². The summed E-state index contributed by atoms with van der Waals surface area (Å²) in [6.45, 7) is 5.49. The lowest BCUT2D eigenvalue weighted by Crippen LogP contribution is -2.32. The van der Waals surface area contributed by atoms with Crippen molar-refractivity contribution in [2.75, 3.05) is 11.4 Å². The lowest BCUT2D eigenvalue weighted by Gasteiger charge is -2.29. The summed E-state index contributed by atoms with van der Waals surface area (Å²) in [5, 5.41) is 9.03. The van der Waals surface area contributed by atoms with Gasteiger partial charge in [0.05, 0.1) is 5.56 Å². The molecule has 2 aromatic carbocycles. The van der Waals surface area contributed by atoms with E-state index in [1.54, 1.807) is 12.1 Å². The zero-order valence-electron chi connectivity index (χ0n) is 15.8. The summed E-state index contributed by atoms with van der Waals surface area (Å²) in [6.07, 6.45) is 0.958. The predicted molar refractivity (Wildman–Crippen MR) is 106 cm³/mol. The second-order valence-corrected chi connectivity index (χ2v) is 6.91. The molecule has 0 radical (unpaired) electrons. The molecule has 0 unspecified atom stereocenters. The van der Waals surface area contributed by atoms with Gasteiger partial charge < -0.3 is 14.7 Å². The van der Waals surface area contributed by atoms with E-state index in [-0.39, 0.29) is 5.56 Å². The van der Waals surface area contributed by atoms with Crippen molar-refractivity contribution in [3.8, 4) is 11.6 Å². The molecule has 0 amide bonds. The second kappa shape index (κ2) is 7.31. The molecule has 6 heteroatoms. The van der Waals surface area contributed by atoms with Crippen molar-refractivity contribution in [2.45, 2.75) is 26.8 Å². The molecule has 0 fully saturated rings. The maximum atomic E-state index is 11.0. The van der Waals surface area contributed by atoms with Gasteiger partial charge >= 0.3 is 5.97 Å². The number of carboxylic acid groups (broad SMARTS) is 1. The third-order valence-electron chi connectivity index (χ3n) is 5.06. The first kappa shape index (κ1) is 18.0. The average molecular weight is 375 g/mol. The van der Waals surface area contributed by atoms with Gasteiger partial charge in [-0.05, 0) is 55.7 Å². The number of nitrogens with zero attached hydrogens (tertiary/aromatic N) is 3. The summed E-state index contributed by atoms with van der Waals surface area (Å²) in [4.78, 5) is 22.5. The first-order chi connectivity index (χ1) is 13.5. The minimum absolute atomic E-state index is 0.218. The predicted octanol–water partition coefficient (Wildman–Crippen LogP) is 4.15. The maximum absolute atomic E-state index is 11.0. The highest BCUT2D eigenvalue weighted by Gasteiger charge is 2.20. The summed E-state index contributed by atoms with van der Waals surface area (Å²) in [5.74, 6) is 0.716. The first-order valence-electron chi connectivity index (χ1n) is 9.19. The zero-order valence-corrected chi connectivity index (χ0v) is 15.8. The third-order valence-corrected chi connectivity index (χ3v) is 5.06. The van der Waals surface area contributed by atoms with Crippen LogP contribution in [-0.4, -0.2) is 27.6 Å². The lowest BCUT2D eigenvalue weighted by atomic mass is 10.0. The van der Waals surface area contributed by atoms with Crippen molar-refractivity contribution in [2.24, 2.45) is 0 Å². The molecule has 0 saturated heterocycles. The Kier molecular flexibility index (Phi) is 4.69. The van der Waals surface area contributed by atoms with E-state index >= 15 is 0 Å². The van der Waals surface area contributed by atoms with Crippen LogP contribution in [0.3, 0.4) is 0 Å². The van der Waals surface area contributed by atoms with Gasteiger partial charge in [0.2, 0.25) is 11.8 Å². The van der Waals surface area contributed by atoms with Gasteiger partial charge in [-0.25, -0.2) is 9.78 Å². The van der Waals surface area contributed by atoms with Crippen LogP contribution >= 0.6 is 0 Å². The Morgan fingerprint density at radius 1 is 1.04 bits per heavy atom. The number of aryl methyl sites for hydroxylation is 1. The Morgan fingerprint density at radius 3 is 2.46 bits per heavy atom. The highest BCUT2D eigenvalue weighted by molar-refractivity contribution is 5.87. The molecule has 0 spiro atoms. The van der Waals surface area contributed by atoms with Gasteiger partial charge in [-0.1, -0.05) is 24.3 Å². The monoisotopic (exact) mass is 375 g/mol. The summed E-state index contributed by atoms with van der Waals surface area (Å²) >= 11 is 0. The number of anilines is 1. The van der Waals surface area contributed by atoms with Gasteiger partial charge in [-0.15, -0.1) is 0 Å². The molecular weight excluding hydrogens is 354 g/mol. The van der Waals surface area contributed by atoms with Crippen LogP contribution in [0.2, 0.25) is 0 Å². The molecule has 28 heavy (non-hydrogen) atoms. The smallest absolute Gasteiger partial charge is 0.335 e. The maximum Gasteiger partial charge on any atom is 0.335 e. The molecule has 0 aliphatic carbocycles. The molecule has 0 bridgehead atoms. The van der Waals surface area contributed by atoms with Crippen molar-refractivity contribution in [3.63, 3.8) is 0 Å². The Labute approximate surface area is 163 Å². The van der Waals surface area contributed by atoms with Gasteiger partial charge in [-0.3, -0.25) is 0 Å². The minimum Gasteiger partial charge on any atom is -0.478 e. The number of aromatic carboxylic acids is 1. The second-order valence-electron chi connectivity index (χ2n) is 6.91. The van der Waals surface area contributed by atoms with Crippen LogP contribution in [0.25, 0.3) is 0 Å². The van der Waals surface area contributed by atoms with E-state index in [1.807, 2.05) is 13.8 Å². The van der Waals surface area contributed by atoms with Crippen molar-refractivity contribution in [1.82, 2.24) is 9.97 Å². The van der Waals surface area contributed by atoms with Gasteiger partial charge in [0, 0.05) is 24.3 Å². The quantitative estimate of drug-likeness (QED) is 0.738. The third kappa shape index (κ3) is 3.53. The van der Waals surface area contributed by atoms with Gasteiger partial charge in [-0.2, -0.15) is 4.98 Å². The Balaban J connectivity index is 1.61. The van der Waals surface area contributed by atoms with Crippen LogP contribution in [0.4, 0.5) is 5.95 Å². The van der Waals surface area contributed by atoms with Crippen molar-refractivity contribution < 1.29 is 14.6 Å². The molecule has 1 aliphatic rings. The Hall–Kier alpha value is -3.41. The van der Waals surface area contributed by atoms with E-state index in [9.17, 15) is 4.79 Å². The van der Waals surface area contributed by atoms with Crippen LogP contribution < -0.4 is 9.64 Å². The molecule has 2 heterocycles. The number of hydrogen-bond acceptors (Lipinski definition) is 5. The van der Waals surface area contributed by atoms with E-state index in [0.29, 0.717) is 17.6 Å². The van der Waals surface area contributed by atoms with Crippen LogP contribution in [0, 0.1) is 13.8 Å². The molecule has 0 atom stereocenters. The normalized spacial score (nSPS) is 13.1. The molecule has 6 nitrogen and oxygen atoms in total. The van der Waals surface area contributed by atoms with E-state index < -0.39 is 5.97 Å². The van der Waals surface area contributed by atoms with Crippen LogP contribution in [-0.2, 0) is 13.0 Å². The molecule has 1 aliphatic heterocycles. The van der Waals surface area contributed by atoms with E-state index in [4.69, 9.17) is 9.84 Å². The SMILES string of the molecule is Cc1nc(N2CCc3ccccc3C2)nc(Oc2ccc(C(=O)O)cc2)c1C. The number of ether oxygens (including phenoxy) is 1. The number of aromatic nitrogens is 2. The number of carboxylic acids is 1. The fourth-order valence-electron chi connectivity index (χ4n) is 3.27. The summed E-state index contributed by atoms with van der Waals surface area (Å²) in [5.41, 5.74) is 4.61. The fourth-order valence-corrected chi connectivity index (χ4v) is 3.27. The Bertz CT molecular complexity index is 1030. The number of carbonyl (C=O) groups is 1. The summed E-state index contributed by atoms with van der Waals surface area (Å²) in [6, 6.07) is 14.7. The first-order valence-corrected chi connectivity index (χ1v) is 9.19. The Morgan fingerprint density at radius 2 is 1.75 bits per heavy atom. The van der Waals surface area contributed by atoms with Crippen molar-refractivity contribution >= 4 is 11.9 Å². The fraction of sp³-hybridized carbons (Fsp3) is 0.227. The largest absolute Gasteiger partial charge is 0.478 e. The molecule has 0 saturated carbocycles. The van der Waals surface area contributed by atoms with Gasteiger partial charge in [0.15, 0.2) is 0 Å². The van der Waals surface area contributed by atoms with Gasteiger partial charge in [0.25, 0.3) is 0 Å². The number of benzene rings is 2. The van der Waals surface area contributed by atoms with E-state index in [0.717, 1.165) is 30.8 Å².